The molecule has 7 heteroatoms. The van der Waals surface area contributed by atoms with Crippen LogP contribution in [0.1, 0.15) is 20.4 Å². The second-order valence-corrected chi connectivity index (χ2v) is 5.25. The van der Waals surface area contributed by atoms with E-state index in [0.717, 1.165) is 5.01 Å². The molecule has 0 fully saturated rings. The number of para-hydroxylation sites is 1. The molecule has 104 valence electrons. The normalized spacial score (nSPS) is 9.90. The molecule has 0 atom stereocenters. The summed E-state index contributed by atoms with van der Waals surface area (Å²) in [7, 11) is 0. The lowest BCUT2D eigenvalue weighted by atomic mass is 10.3. The molecule has 0 saturated heterocycles. The van der Waals surface area contributed by atoms with Gasteiger partial charge in [-0.15, -0.1) is 11.3 Å². The van der Waals surface area contributed by atoms with E-state index in [1.54, 1.807) is 31.2 Å². The number of aromatic nitrogens is 1. The second kappa shape index (κ2) is 6.16. The Morgan fingerprint density at radius 2 is 1.80 bits per heavy atom. The molecule has 0 saturated carbocycles. The van der Waals surface area contributed by atoms with Crippen LogP contribution in [-0.2, 0) is 0 Å². The monoisotopic (exact) mass is 290 g/mol. The highest BCUT2D eigenvalue weighted by Gasteiger charge is 2.14. The zero-order valence-corrected chi connectivity index (χ0v) is 11.9. The number of nitrogens with one attached hydrogen (secondary N) is 3. The fourth-order valence-electron chi connectivity index (χ4n) is 1.60. The topological polar surface area (TPSA) is 83.1 Å². The number of hydrazine groups is 1. The van der Waals surface area contributed by atoms with Crippen molar-refractivity contribution in [3.05, 3.63) is 45.9 Å². The molecule has 1 aromatic heterocycles. The first kappa shape index (κ1) is 14.0. The van der Waals surface area contributed by atoms with E-state index in [9.17, 15) is 9.59 Å². The van der Waals surface area contributed by atoms with Gasteiger partial charge in [-0.3, -0.25) is 10.2 Å². The predicted octanol–water partition coefficient (Wildman–Crippen LogP) is 2.23. The standard InChI is InChI=1S/C13H14N4O2S/c1-8-11(20-9(2)14-8)12(18)16-17-13(19)15-10-6-4-3-5-7-10/h3-7H,1-2H3,(H,16,18)(H2,15,17,19). The van der Waals surface area contributed by atoms with Crippen molar-refractivity contribution < 1.29 is 9.59 Å². The quantitative estimate of drug-likeness (QED) is 0.742. The van der Waals surface area contributed by atoms with Crippen LogP contribution in [-0.4, -0.2) is 16.9 Å². The van der Waals surface area contributed by atoms with Crippen LogP contribution in [0.25, 0.3) is 0 Å². The van der Waals surface area contributed by atoms with Crippen molar-refractivity contribution in [1.82, 2.24) is 15.8 Å². The minimum Gasteiger partial charge on any atom is -0.307 e. The van der Waals surface area contributed by atoms with Gasteiger partial charge in [0.15, 0.2) is 0 Å². The molecule has 0 unspecified atom stereocenters. The lowest BCUT2D eigenvalue weighted by molar-refractivity contribution is 0.0941. The molecule has 0 aliphatic carbocycles. The van der Waals surface area contributed by atoms with E-state index < -0.39 is 6.03 Å². The zero-order valence-electron chi connectivity index (χ0n) is 11.1. The zero-order chi connectivity index (χ0) is 14.5. The summed E-state index contributed by atoms with van der Waals surface area (Å²) in [5.74, 6) is -0.378. The van der Waals surface area contributed by atoms with E-state index in [4.69, 9.17) is 0 Å². The van der Waals surface area contributed by atoms with Crippen LogP contribution < -0.4 is 16.2 Å². The average molecular weight is 290 g/mol. The van der Waals surface area contributed by atoms with Gasteiger partial charge in [0.05, 0.1) is 10.7 Å². The minimum atomic E-state index is -0.511. The first-order chi connectivity index (χ1) is 9.56. The van der Waals surface area contributed by atoms with Crippen LogP contribution in [0, 0.1) is 13.8 Å². The van der Waals surface area contributed by atoms with Gasteiger partial charge in [-0.05, 0) is 26.0 Å². The van der Waals surface area contributed by atoms with Crippen LogP contribution in [0.4, 0.5) is 10.5 Å². The Kier molecular flexibility index (Phi) is 4.31. The molecule has 6 nitrogen and oxygen atoms in total. The highest BCUT2D eigenvalue weighted by Crippen LogP contribution is 2.16. The van der Waals surface area contributed by atoms with Gasteiger partial charge < -0.3 is 5.32 Å². The summed E-state index contributed by atoms with van der Waals surface area (Å²) in [5.41, 5.74) is 5.93. The van der Waals surface area contributed by atoms with Crippen molar-refractivity contribution >= 4 is 29.0 Å². The highest BCUT2D eigenvalue weighted by atomic mass is 32.1. The number of aryl methyl sites for hydroxylation is 2. The molecule has 20 heavy (non-hydrogen) atoms. The van der Waals surface area contributed by atoms with E-state index >= 15 is 0 Å². The summed E-state index contributed by atoms with van der Waals surface area (Å²) in [5, 5.41) is 3.40. The molecule has 0 aliphatic heterocycles. The molecule has 2 aromatic rings. The molecule has 0 bridgehead atoms. The Bertz CT molecular complexity index is 625. The third-order valence-electron chi connectivity index (χ3n) is 2.43. The maximum atomic E-state index is 11.9. The number of carbonyl (C=O) groups excluding carboxylic acids is 2. The summed E-state index contributed by atoms with van der Waals surface area (Å²) in [6, 6.07) is 8.44. The van der Waals surface area contributed by atoms with Crippen LogP contribution in [0.5, 0.6) is 0 Å². The number of rotatable bonds is 2. The van der Waals surface area contributed by atoms with Gasteiger partial charge in [-0.1, -0.05) is 18.2 Å². The van der Waals surface area contributed by atoms with Crippen LogP contribution in [0.15, 0.2) is 30.3 Å². The molecular weight excluding hydrogens is 276 g/mol. The number of hydrogen-bond donors (Lipinski definition) is 3. The van der Waals surface area contributed by atoms with Gasteiger partial charge in [0.1, 0.15) is 4.88 Å². The van der Waals surface area contributed by atoms with Crippen molar-refractivity contribution in [2.24, 2.45) is 0 Å². The lowest BCUT2D eigenvalue weighted by Gasteiger charge is -2.08. The summed E-state index contributed by atoms with van der Waals surface area (Å²) >= 11 is 1.28. The minimum absolute atomic E-state index is 0.378. The Morgan fingerprint density at radius 1 is 1.10 bits per heavy atom. The number of amides is 3. The maximum Gasteiger partial charge on any atom is 0.337 e. The van der Waals surface area contributed by atoms with Crippen molar-refractivity contribution in [3.63, 3.8) is 0 Å². The van der Waals surface area contributed by atoms with E-state index in [2.05, 4.69) is 21.2 Å². The Morgan fingerprint density at radius 3 is 2.40 bits per heavy atom. The summed E-state index contributed by atoms with van der Waals surface area (Å²) in [6.45, 7) is 3.58. The molecule has 3 N–H and O–H groups in total. The molecule has 0 aliphatic rings. The molecule has 0 spiro atoms. The van der Waals surface area contributed by atoms with Gasteiger partial charge in [0.2, 0.25) is 0 Å². The van der Waals surface area contributed by atoms with Crippen molar-refractivity contribution in [2.45, 2.75) is 13.8 Å². The number of urea groups is 1. The van der Waals surface area contributed by atoms with Crippen molar-refractivity contribution in [3.8, 4) is 0 Å². The number of hydrogen-bond acceptors (Lipinski definition) is 4. The molecule has 1 aromatic carbocycles. The van der Waals surface area contributed by atoms with E-state index in [1.807, 2.05) is 13.0 Å². The van der Waals surface area contributed by atoms with E-state index in [0.29, 0.717) is 16.3 Å². The SMILES string of the molecule is Cc1nc(C)c(C(=O)NNC(=O)Nc2ccccc2)s1. The molecule has 1 heterocycles. The first-order valence-electron chi connectivity index (χ1n) is 5.92. The molecule has 2 rings (SSSR count). The second-order valence-electron chi connectivity index (χ2n) is 4.05. The highest BCUT2D eigenvalue weighted by molar-refractivity contribution is 7.13. The number of anilines is 1. The van der Waals surface area contributed by atoms with Gasteiger partial charge in [-0.25, -0.2) is 15.2 Å². The summed E-state index contributed by atoms with van der Waals surface area (Å²) in [4.78, 5) is 28.1. The first-order valence-corrected chi connectivity index (χ1v) is 6.74. The van der Waals surface area contributed by atoms with E-state index in [-0.39, 0.29) is 5.91 Å². The van der Waals surface area contributed by atoms with Crippen LogP contribution in [0.2, 0.25) is 0 Å². The molecule has 0 radical (unpaired) electrons. The van der Waals surface area contributed by atoms with Crippen molar-refractivity contribution in [2.75, 3.05) is 5.32 Å². The number of nitrogens with zero attached hydrogens (tertiary/aromatic N) is 1. The van der Waals surface area contributed by atoms with Crippen LogP contribution in [0.3, 0.4) is 0 Å². The average Bonchev–Trinajstić information content (AvgIpc) is 2.76. The molecule has 3 amide bonds. The van der Waals surface area contributed by atoms with Gasteiger partial charge >= 0.3 is 6.03 Å². The third-order valence-corrected chi connectivity index (χ3v) is 3.50. The fraction of sp³-hybridized carbons (Fsp3) is 0.154. The summed E-state index contributed by atoms with van der Waals surface area (Å²) in [6.07, 6.45) is 0. The Hall–Kier alpha value is -2.41. The smallest absolute Gasteiger partial charge is 0.307 e. The Labute approximate surface area is 120 Å². The van der Waals surface area contributed by atoms with Crippen molar-refractivity contribution in [1.29, 1.82) is 0 Å². The number of benzene rings is 1. The lowest BCUT2D eigenvalue weighted by Crippen LogP contribution is -2.43. The largest absolute Gasteiger partial charge is 0.337 e. The summed E-state index contributed by atoms with van der Waals surface area (Å²) < 4.78 is 0. The van der Waals surface area contributed by atoms with Gasteiger partial charge in [0.25, 0.3) is 5.91 Å². The van der Waals surface area contributed by atoms with E-state index in [1.165, 1.54) is 11.3 Å². The Balaban J connectivity index is 1.87. The number of carbonyl (C=O) groups is 2. The van der Waals surface area contributed by atoms with Crippen LogP contribution >= 0.6 is 11.3 Å². The molecular formula is C13H14N4O2S. The number of thiazole rings is 1. The third kappa shape index (κ3) is 3.55. The fourth-order valence-corrected chi connectivity index (χ4v) is 2.41. The predicted molar refractivity (Wildman–Crippen MR) is 77.7 cm³/mol. The van der Waals surface area contributed by atoms with Gasteiger partial charge in [-0.2, -0.15) is 0 Å². The van der Waals surface area contributed by atoms with Gasteiger partial charge in [0, 0.05) is 5.69 Å². The maximum absolute atomic E-state index is 11.9.